The van der Waals surface area contributed by atoms with Gasteiger partial charge in [0.05, 0.1) is 11.4 Å². The van der Waals surface area contributed by atoms with E-state index in [1.54, 1.807) is 0 Å². The monoisotopic (exact) mass is 381 g/mol. The third kappa shape index (κ3) is 3.82. The summed E-state index contributed by atoms with van der Waals surface area (Å²) in [5, 5.41) is 12.1. The van der Waals surface area contributed by atoms with E-state index in [0.29, 0.717) is 5.19 Å². The average Bonchev–Trinajstić information content (AvgIpc) is 2.91. The normalized spacial score (nSPS) is 34.3. The molecule has 5 rings (SSSR count). The third-order valence-corrected chi connectivity index (χ3v) is 7.80. The van der Waals surface area contributed by atoms with Gasteiger partial charge in [0, 0.05) is 5.54 Å². The number of rotatable bonds is 6. The van der Waals surface area contributed by atoms with E-state index >= 15 is 0 Å². The standard InChI is InChI=1S/C18H27N3O2S2/c1-10(2)23-16-20-21-17(25-16)24-11(3)15(22)19-18-7-12-4-13(8-18)6-14(5-12)9-18/h10-14H,4-9H2,1-3H3,(H,19,22)/t11-,12?,13?,14?,18?/m0/s1. The summed E-state index contributed by atoms with van der Waals surface area (Å²) in [4.78, 5) is 12.8. The van der Waals surface area contributed by atoms with Crippen LogP contribution in [0.1, 0.15) is 59.3 Å². The fourth-order valence-electron chi connectivity index (χ4n) is 5.33. The van der Waals surface area contributed by atoms with Crippen LogP contribution in [0.2, 0.25) is 0 Å². The lowest BCUT2D eigenvalue weighted by molar-refractivity contribution is -0.126. The second-order valence-corrected chi connectivity index (χ2v) is 11.0. The zero-order chi connectivity index (χ0) is 17.6. The molecule has 1 aromatic rings. The Balaban J connectivity index is 1.35. The highest BCUT2D eigenvalue weighted by atomic mass is 32.2. The molecule has 4 bridgehead atoms. The molecule has 138 valence electrons. The van der Waals surface area contributed by atoms with Gasteiger partial charge < -0.3 is 10.1 Å². The molecule has 4 fully saturated rings. The summed E-state index contributed by atoms with van der Waals surface area (Å²) in [7, 11) is 0. The zero-order valence-electron chi connectivity index (χ0n) is 15.2. The van der Waals surface area contributed by atoms with Gasteiger partial charge >= 0.3 is 0 Å². The van der Waals surface area contributed by atoms with Crippen LogP contribution < -0.4 is 10.1 Å². The molecule has 1 amide bonds. The smallest absolute Gasteiger partial charge is 0.295 e. The van der Waals surface area contributed by atoms with Gasteiger partial charge in [-0.15, -0.1) is 5.10 Å². The molecule has 1 aromatic heterocycles. The van der Waals surface area contributed by atoms with Gasteiger partial charge in [-0.3, -0.25) is 4.79 Å². The van der Waals surface area contributed by atoms with Crippen molar-refractivity contribution in [1.29, 1.82) is 0 Å². The maximum Gasteiger partial charge on any atom is 0.295 e. The SMILES string of the molecule is CC(C)Oc1nnc(S[C@@H](C)C(=O)NC23CC4CC(CC(C4)C2)C3)s1. The van der Waals surface area contributed by atoms with Gasteiger partial charge in [0.1, 0.15) is 0 Å². The topological polar surface area (TPSA) is 64.1 Å². The predicted molar refractivity (Wildman–Crippen MR) is 100 cm³/mol. The van der Waals surface area contributed by atoms with E-state index in [9.17, 15) is 4.79 Å². The number of hydrogen-bond donors (Lipinski definition) is 1. The Hall–Kier alpha value is -0.820. The van der Waals surface area contributed by atoms with Gasteiger partial charge in [-0.25, -0.2) is 0 Å². The molecule has 0 aliphatic heterocycles. The Morgan fingerprint density at radius 2 is 1.76 bits per heavy atom. The maximum absolute atomic E-state index is 12.8. The quantitative estimate of drug-likeness (QED) is 0.757. The van der Waals surface area contributed by atoms with Gasteiger partial charge in [0.2, 0.25) is 5.91 Å². The van der Waals surface area contributed by atoms with E-state index in [2.05, 4.69) is 15.5 Å². The summed E-state index contributed by atoms with van der Waals surface area (Å²) >= 11 is 2.90. The molecule has 25 heavy (non-hydrogen) atoms. The Morgan fingerprint density at radius 1 is 1.16 bits per heavy atom. The number of ether oxygens (including phenoxy) is 1. The van der Waals surface area contributed by atoms with Gasteiger partial charge in [0.15, 0.2) is 4.34 Å². The predicted octanol–water partition coefficient (Wildman–Crippen LogP) is 3.89. The van der Waals surface area contributed by atoms with Gasteiger partial charge in [-0.05, 0) is 88.4 Å². The second kappa shape index (κ2) is 6.72. The Morgan fingerprint density at radius 3 is 2.32 bits per heavy atom. The molecular formula is C18H27N3O2S2. The first-order valence-corrected chi connectivity index (χ1v) is 11.1. The van der Waals surface area contributed by atoms with Crippen LogP contribution in [0.5, 0.6) is 5.19 Å². The first-order valence-electron chi connectivity index (χ1n) is 9.39. The molecule has 1 atom stereocenters. The van der Waals surface area contributed by atoms with E-state index in [1.165, 1.54) is 61.6 Å². The number of thioether (sulfide) groups is 1. The molecule has 4 aliphatic rings. The Kier molecular flexibility index (Phi) is 4.73. The average molecular weight is 382 g/mol. The lowest BCUT2D eigenvalue weighted by atomic mass is 9.53. The van der Waals surface area contributed by atoms with Crippen molar-refractivity contribution in [2.75, 3.05) is 0 Å². The molecule has 1 heterocycles. The van der Waals surface area contributed by atoms with E-state index in [1.807, 2.05) is 20.8 Å². The van der Waals surface area contributed by atoms with Crippen LogP contribution in [-0.4, -0.2) is 33.0 Å². The molecule has 4 saturated carbocycles. The highest BCUT2D eigenvalue weighted by molar-refractivity contribution is 8.02. The highest BCUT2D eigenvalue weighted by Gasteiger charge is 2.51. The number of nitrogens with one attached hydrogen (secondary N) is 1. The van der Waals surface area contributed by atoms with Gasteiger partial charge in [-0.2, -0.15) is 0 Å². The number of hydrogen-bond acceptors (Lipinski definition) is 6. The number of carbonyl (C=O) groups excluding carboxylic acids is 1. The second-order valence-electron chi connectivity index (χ2n) is 8.45. The molecule has 5 nitrogen and oxygen atoms in total. The van der Waals surface area contributed by atoms with Crippen molar-refractivity contribution < 1.29 is 9.53 Å². The molecule has 4 aliphatic carbocycles. The number of carbonyl (C=O) groups is 1. The largest absolute Gasteiger partial charge is 0.466 e. The van der Waals surface area contributed by atoms with Crippen molar-refractivity contribution in [3.8, 4) is 5.19 Å². The van der Waals surface area contributed by atoms with E-state index < -0.39 is 0 Å². The molecule has 0 aromatic carbocycles. The minimum Gasteiger partial charge on any atom is -0.466 e. The fraction of sp³-hybridized carbons (Fsp3) is 0.833. The summed E-state index contributed by atoms with van der Waals surface area (Å²) < 4.78 is 6.35. The molecule has 7 heteroatoms. The summed E-state index contributed by atoms with van der Waals surface area (Å²) in [6.45, 7) is 5.90. The third-order valence-electron chi connectivity index (χ3n) is 5.80. The zero-order valence-corrected chi connectivity index (χ0v) is 16.8. The summed E-state index contributed by atoms with van der Waals surface area (Å²) in [5.74, 6) is 2.67. The first-order chi connectivity index (χ1) is 11.9. The number of amides is 1. The molecule has 0 radical (unpaired) electrons. The van der Waals surface area contributed by atoms with Crippen LogP contribution in [0.4, 0.5) is 0 Å². The van der Waals surface area contributed by atoms with Crippen molar-refractivity contribution in [1.82, 2.24) is 15.5 Å². The Labute approximate surface area is 157 Å². The van der Waals surface area contributed by atoms with Crippen molar-refractivity contribution in [2.45, 2.75) is 80.5 Å². The van der Waals surface area contributed by atoms with Gasteiger partial charge in [-0.1, -0.05) is 16.9 Å². The van der Waals surface area contributed by atoms with Crippen LogP contribution >= 0.6 is 23.1 Å². The van der Waals surface area contributed by atoms with E-state index in [0.717, 1.165) is 22.1 Å². The minimum atomic E-state index is -0.159. The van der Waals surface area contributed by atoms with Crippen molar-refractivity contribution >= 4 is 29.0 Å². The lowest BCUT2D eigenvalue weighted by Crippen LogP contribution is -2.60. The van der Waals surface area contributed by atoms with Crippen LogP contribution in [0, 0.1) is 17.8 Å². The minimum absolute atomic E-state index is 0.0771. The first kappa shape index (κ1) is 17.6. The summed E-state index contributed by atoms with van der Waals surface area (Å²) in [6.07, 6.45) is 7.82. The molecule has 0 unspecified atom stereocenters. The van der Waals surface area contributed by atoms with Crippen molar-refractivity contribution in [3.05, 3.63) is 0 Å². The van der Waals surface area contributed by atoms with Crippen molar-refractivity contribution in [3.63, 3.8) is 0 Å². The molecule has 1 N–H and O–H groups in total. The van der Waals surface area contributed by atoms with E-state index in [4.69, 9.17) is 4.74 Å². The van der Waals surface area contributed by atoms with Crippen LogP contribution in [0.3, 0.4) is 0 Å². The van der Waals surface area contributed by atoms with E-state index in [-0.39, 0.29) is 22.8 Å². The number of aromatic nitrogens is 2. The summed E-state index contributed by atoms with van der Waals surface area (Å²) in [6, 6.07) is 0. The number of nitrogens with zero attached hydrogens (tertiary/aromatic N) is 2. The summed E-state index contributed by atoms with van der Waals surface area (Å²) in [5.41, 5.74) is 0.0771. The van der Waals surface area contributed by atoms with Crippen LogP contribution in [0.15, 0.2) is 4.34 Å². The molecular weight excluding hydrogens is 354 g/mol. The van der Waals surface area contributed by atoms with Crippen LogP contribution in [-0.2, 0) is 4.79 Å². The molecule has 0 spiro atoms. The lowest BCUT2D eigenvalue weighted by Gasteiger charge is -2.57. The fourth-order valence-corrected chi connectivity index (χ4v) is 7.27. The maximum atomic E-state index is 12.8. The Bertz CT molecular complexity index is 611. The van der Waals surface area contributed by atoms with Crippen molar-refractivity contribution in [2.24, 2.45) is 17.8 Å². The highest BCUT2D eigenvalue weighted by Crippen LogP contribution is 2.55. The van der Waals surface area contributed by atoms with Gasteiger partial charge in [0.25, 0.3) is 5.19 Å². The van der Waals surface area contributed by atoms with Crippen LogP contribution in [0.25, 0.3) is 0 Å². The molecule has 0 saturated heterocycles.